The first-order valence-electron chi connectivity index (χ1n) is 5.65. The van der Waals surface area contributed by atoms with Crippen molar-refractivity contribution in [2.75, 3.05) is 0 Å². The van der Waals surface area contributed by atoms with Gasteiger partial charge in [0.1, 0.15) is 0 Å². The lowest BCUT2D eigenvalue weighted by molar-refractivity contribution is 0.0697. The first-order valence-corrected chi connectivity index (χ1v) is 5.65. The summed E-state index contributed by atoms with van der Waals surface area (Å²) in [6.45, 7) is 0. The Morgan fingerprint density at radius 1 is 1.21 bits per heavy atom. The summed E-state index contributed by atoms with van der Waals surface area (Å²) in [4.78, 5) is 15.2. The van der Waals surface area contributed by atoms with Gasteiger partial charge in [0, 0.05) is 18.0 Å². The van der Waals surface area contributed by atoms with Gasteiger partial charge in [0.05, 0.1) is 11.3 Å². The Balaban J connectivity index is 2.16. The average Bonchev–Trinajstić information content (AvgIpc) is 2.84. The number of fused-ring (bicyclic) bond motifs is 1. The third-order valence-electron chi connectivity index (χ3n) is 2.87. The van der Waals surface area contributed by atoms with Gasteiger partial charge in [0.2, 0.25) is 0 Å². The zero-order chi connectivity index (χ0) is 13.4. The standard InChI is InChI=1S/C14H10N2O3/c17-12-5-2-6-16-8-11(15-13(12)16)9-3-1-4-10(7-9)14(18)19/h1-8,17H,(H,18,19). The van der Waals surface area contributed by atoms with Crippen molar-refractivity contribution in [3.05, 3.63) is 54.4 Å². The Morgan fingerprint density at radius 2 is 2.05 bits per heavy atom. The number of carboxylic acids is 1. The van der Waals surface area contributed by atoms with Crippen molar-refractivity contribution in [2.24, 2.45) is 0 Å². The van der Waals surface area contributed by atoms with Gasteiger partial charge in [-0.2, -0.15) is 0 Å². The molecule has 0 radical (unpaired) electrons. The number of nitrogens with zero attached hydrogens (tertiary/aromatic N) is 2. The number of carboxylic acid groups (broad SMARTS) is 1. The van der Waals surface area contributed by atoms with E-state index in [1.54, 1.807) is 47.1 Å². The summed E-state index contributed by atoms with van der Waals surface area (Å²) >= 11 is 0. The molecular weight excluding hydrogens is 244 g/mol. The van der Waals surface area contributed by atoms with Crippen molar-refractivity contribution < 1.29 is 15.0 Å². The minimum atomic E-state index is -0.978. The third-order valence-corrected chi connectivity index (χ3v) is 2.87. The molecule has 0 bridgehead atoms. The van der Waals surface area contributed by atoms with Crippen LogP contribution in [0.3, 0.4) is 0 Å². The van der Waals surface area contributed by atoms with Crippen LogP contribution >= 0.6 is 0 Å². The van der Waals surface area contributed by atoms with Gasteiger partial charge < -0.3 is 14.6 Å². The smallest absolute Gasteiger partial charge is 0.335 e. The monoisotopic (exact) mass is 254 g/mol. The quantitative estimate of drug-likeness (QED) is 0.736. The molecule has 3 aromatic rings. The van der Waals surface area contributed by atoms with E-state index in [2.05, 4.69) is 4.98 Å². The normalized spacial score (nSPS) is 10.7. The fraction of sp³-hybridized carbons (Fsp3) is 0. The SMILES string of the molecule is O=C(O)c1cccc(-c2cn3cccc(O)c3n2)c1. The van der Waals surface area contributed by atoms with Gasteiger partial charge in [-0.15, -0.1) is 0 Å². The van der Waals surface area contributed by atoms with Crippen molar-refractivity contribution in [3.8, 4) is 17.0 Å². The predicted molar refractivity (Wildman–Crippen MR) is 69.3 cm³/mol. The Labute approximate surface area is 108 Å². The second-order valence-electron chi connectivity index (χ2n) is 4.14. The second-order valence-corrected chi connectivity index (χ2v) is 4.14. The molecule has 19 heavy (non-hydrogen) atoms. The number of imidazole rings is 1. The molecule has 2 heterocycles. The average molecular weight is 254 g/mol. The van der Waals surface area contributed by atoms with Crippen LogP contribution in [-0.4, -0.2) is 25.6 Å². The van der Waals surface area contributed by atoms with Crippen LogP contribution in [0.1, 0.15) is 10.4 Å². The maximum atomic E-state index is 10.9. The van der Waals surface area contributed by atoms with Gasteiger partial charge in [-0.1, -0.05) is 12.1 Å². The Hall–Kier alpha value is -2.82. The van der Waals surface area contributed by atoms with Crippen LogP contribution in [0.25, 0.3) is 16.9 Å². The number of carbonyl (C=O) groups is 1. The van der Waals surface area contributed by atoms with Gasteiger partial charge in [-0.05, 0) is 24.3 Å². The highest BCUT2D eigenvalue weighted by molar-refractivity contribution is 5.89. The van der Waals surface area contributed by atoms with Crippen molar-refractivity contribution >= 4 is 11.6 Å². The van der Waals surface area contributed by atoms with Crippen LogP contribution in [-0.2, 0) is 0 Å². The highest BCUT2D eigenvalue weighted by Crippen LogP contribution is 2.24. The Kier molecular flexibility index (Phi) is 2.45. The fourth-order valence-electron chi connectivity index (χ4n) is 1.95. The van der Waals surface area contributed by atoms with Crippen molar-refractivity contribution in [3.63, 3.8) is 0 Å². The largest absolute Gasteiger partial charge is 0.504 e. The number of rotatable bonds is 2. The molecule has 0 unspecified atom stereocenters. The lowest BCUT2D eigenvalue weighted by Gasteiger charge is -1.98. The number of pyridine rings is 1. The molecule has 0 aliphatic heterocycles. The van der Waals surface area contributed by atoms with Crippen LogP contribution in [0.2, 0.25) is 0 Å². The molecule has 2 N–H and O–H groups in total. The summed E-state index contributed by atoms with van der Waals surface area (Å²) in [6.07, 6.45) is 3.52. The summed E-state index contributed by atoms with van der Waals surface area (Å²) < 4.78 is 1.69. The highest BCUT2D eigenvalue weighted by atomic mass is 16.4. The number of hydrogen-bond acceptors (Lipinski definition) is 3. The van der Waals surface area contributed by atoms with E-state index in [0.29, 0.717) is 16.9 Å². The van der Waals surface area contributed by atoms with E-state index in [-0.39, 0.29) is 11.3 Å². The summed E-state index contributed by atoms with van der Waals surface area (Å²) in [7, 11) is 0. The molecule has 0 atom stereocenters. The number of benzene rings is 1. The van der Waals surface area contributed by atoms with Crippen LogP contribution < -0.4 is 0 Å². The van der Waals surface area contributed by atoms with E-state index in [1.807, 2.05) is 0 Å². The topological polar surface area (TPSA) is 74.8 Å². The van der Waals surface area contributed by atoms with Gasteiger partial charge >= 0.3 is 5.97 Å². The van der Waals surface area contributed by atoms with Crippen molar-refractivity contribution in [1.29, 1.82) is 0 Å². The van der Waals surface area contributed by atoms with Crippen LogP contribution in [0.4, 0.5) is 0 Å². The zero-order valence-electron chi connectivity index (χ0n) is 9.82. The van der Waals surface area contributed by atoms with Gasteiger partial charge in [0.15, 0.2) is 11.4 Å². The van der Waals surface area contributed by atoms with Gasteiger partial charge in [-0.25, -0.2) is 9.78 Å². The molecule has 1 aromatic carbocycles. The van der Waals surface area contributed by atoms with E-state index >= 15 is 0 Å². The fourth-order valence-corrected chi connectivity index (χ4v) is 1.95. The molecule has 3 rings (SSSR count). The second kappa shape index (κ2) is 4.13. The molecule has 0 saturated heterocycles. The first-order chi connectivity index (χ1) is 9.15. The molecule has 0 saturated carbocycles. The number of aromatic nitrogens is 2. The molecule has 2 aromatic heterocycles. The molecule has 0 amide bonds. The third kappa shape index (κ3) is 1.91. The highest BCUT2D eigenvalue weighted by Gasteiger charge is 2.09. The van der Waals surface area contributed by atoms with Gasteiger partial charge in [-0.3, -0.25) is 0 Å². The Morgan fingerprint density at radius 3 is 2.79 bits per heavy atom. The van der Waals surface area contributed by atoms with E-state index in [1.165, 1.54) is 6.07 Å². The van der Waals surface area contributed by atoms with Crippen molar-refractivity contribution in [1.82, 2.24) is 9.38 Å². The molecule has 0 spiro atoms. The number of aromatic carboxylic acids is 1. The van der Waals surface area contributed by atoms with E-state index < -0.39 is 5.97 Å². The van der Waals surface area contributed by atoms with E-state index in [0.717, 1.165) is 0 Å². The minimum absolute atomic E-state index is 0.0862. The van der Waals surface area contributed by atoms with E-state index in [4.69, 9.17) is 5.11 Å². The Bertz CT molecular complexity index is 777. The van der Waals surface area contributed by atoms with E-state index in [9.17, 15) is 9.90 Å². The molecule has 5 heteroatoms. The summed E-state index contributed by atoms with van der Waals surface area (Å²) in [6, 6.07) is 9.80. The number of aromatic hydroxyl groups is 1. The van der Waals surface area contributed by atoms with Crippen molar-refractivity contribution in [2.45, 2.75) is 0 Å². The lowest BCUT2D eigenvalue weighted by atomic mass is 10.1. The lowest BCUT2D eigenvalue weighted by Crippen LogP contribution is -1.95. The van der Waals surface area contributed by atoms with Crippen LogP contribution in [0, 0.1) is 0 Å². The molecular formula is C14H10N2O3. The molecule has 0 aliphatic rings. The predicted octanol–water partition coefficient (Wildman–Crippen LogP) is 2.41. The molecule has 5 nitrogen and oxygen atoms in total. The summed E-state index contributed by atoms with van der Waals surface area (Å²) in [5.74, 6) is -0.892. The maximum Gasteiger partial charge on any atom is 0.335 e. The molecule has 0 aliphatic carbocycles. The van der Waals surface area contributed by atoms with Crippen LogP contribution in [0.5, 0.6) is 5.75 Å². The summed E-state index contributed by atoms with van der Waals surface area (Å²) in [5.41, 5.74) is 1.96. The minimum Gasteiger partial charge on any atom is -0.504 e. The van der Waals surface area contributed by atoms with Gasteiger partial charge in [0.25, 0.3) is 0 Å². The molecule has 0 fully saturated rings. The molecule has 94 valence electrons. The maximum absolute atomic E-state index is 10.9. The number of hydrogen-bond donors (Lipinski definition) is 2. The zero-order valence-corrected chi connectivity index (χ0v) is 9.82. The first kappa shape index (κ1) is 11.3. The van der Waals surface area contributed by atoms with Crippen LogP contribution in [0.15, 0.2) is 48.8 Å². The summed E-state index contributed by atoms with van der Waals surface area (Å²) in [5, 5.41) is 18.7.